The molecule has 0 saturated heterocycles. The van der Waals surface area contributed by atoms with Gasteiger partial charge in [0.25, 0.3) is 0 Å². The summed E-state index contributed by atoms with van der Waals surface area (Å²) in [5.74, 6) is 1.36. The molecule has 2 heterocycles. The summed E-state index contributed by atoms with van der Waals surface area (Å²) in [5, 5.41) is 10.8. The van der Waals surface area contributed by atoms with E-state index in [1.165, 1.54) is 0 Å². The number of nitrogens with one attached hydrogen (secondary N) is 2. The average molecular weight is 428 g/mol. The van der Waals surface area contributed by atoms with Crippen molar-refractivity contribution in [2.45, 2.75) is 40.2 Å². The van der Waals surface area contributed by atoms with Crippen molar-refractivity contribution in [3.05, 3.63) is 29.8 Å². The highest BCUT2D eigenvalue weighted by Gasteiger charge is 2.19. The van der Waals surface area contributed by atoms with E-state index in [2.05, 4.69) is 20.8 Å². The molecule has 0 aliphatic rings. The second-order valence-electron chi connectivity index (χ2n) is 8.21. The van der Waals surface area contributed by atoms with Crippen LogP contribution < -0.4 is 21.1 Å². The lowest BCUT2D eigenvalue weighted by Gasteiger charge is -2.20. The Balaban J connectivity index is 1.86. The lowest BCUT2D eigenvalue weighted by molar-refractivity contribution is 0.0530. The number of fused-ring (bicyclic) bond motifs is 1. The molecule has 0 spiro atoms. The maximum absolute atomic E-state index is 11.8. The number of amides is 1. The number of methoxy groups -OCH3 is 1. The zero-order chi connectivity index (χ0) is 22.8. The van der Waals surface area contributed by atoms with Gasteiger partial charge in [-0.3, -0.25) is 4.98 Å². The lowest BCUT2D eigenvalue weighted by Crippen LogP contribution is -2.35. The quantitative estimate of drug-likeness (QED) is 0.504. The van der Waals surface area contributed by atoms with Crippen LogP contribution in [0.2, 0.25) is 0 Å². The van der Waals surface area contributed by atoms with Crippen molar-refractivity contribution in [1.82, 2.24) is 15.5 Å². The molecule has 2 aromatic heterocycles. The van der Waals surface area contributed by atoms with Crippen molar-refractivity contribution < 1.29 is 18.8 Å². The SMILES string of the molecule is COc1cc2c(NCCNC(=O)OC(C)(C)C)c(N)cnc2cc1-c1c(C)noc1C. The zero-order valence-corrected chi connectivity index (χ0v) is 18.8. The van der Waals surface area contributed by atoms with Gasteiger partial charge in [-0.05, 0) is 46.8 Å². The fraction of sp³-hybridized carbons (Fsp3) is 0.409. The van der Waals surface area contributed by atoms with Crippen LogP contribution in [0.3, 0.4) is 0 Å². The van der Waals surface area contributed by atoms with Gasteiger partial charge in [0, 0.05) is 24.0 Å². The molecule has 0 fully saturated rings. The third kappa shape index (κ3) is 4.99. The van der Waals surface area contributed by atoms with E-state index >= 15 is 0 Å². The monoisotopic (exact) mass is 427 g/mol. The number of benzene rings is 1. The van der Waals surface area contributed by atoms with Crippen LogP contribution in [0.4, 0.5) is 16.2 Å². The summed E-state index contributed by atoms with van der Waals surface area (Å²) < 4.78 is 16.2. The molecule has 4 N–H and O–H groups in total. The Morgan fingerprint density at radius 2 is 1.97 bits per heavy atom. The van der Waals surface area contributed by atoms with Crippen molar-refractivity contribution in [3.8, 4) is 16.9 Å². The molecule has 1 amide bonds. The predicted octanol–water partition coefficient (Wildman–Crippen LogP) is 4.03. The molecule has 3 rings (SSSR count). The summed E-state index contributed by atoms with van der Waals surface area (Å²) in [6.07, 6.45) is 1.14. The molecule has 0 bridgehead atoms. The van der Waals surface area contributed by atoms with Crippen molar-refractivity contribution in [1.29, 1.82) is 0 Å². The highest BCUT2D eigenvalue weighted by atomic mass is 16.6. The zero-order valence-electron chi connectivity index (χ0n) is 18.8. The molecular formula is C22H29N5O4. The van der Waals surface area contributed by atoms with Gasteiger partial charge < -0.3 is 30.4 Å². The minimum Gasteiger partial charge on any atom is -0.496 e. The van der Waals surface area contributed by atoms with Gasteiger partial charge in [0.2, 0.25) is 0 Å². The first-order valence-corrected chi connectivity index (χ1v) is 10.0. The molecule has 9 nitrogen and oxygen atoms in total. The number of ether oxygens (including phenoxy) is 2. The van der Waals surface area contributed by atoms with Gasteiger partial charge in [-0.1, -0.05) is 5.16 Å². The maximum Gasteiger partial charge on any atom is 0.407 e. The third-order valence-corrected chi connectivity index (χ3v) is 4.62. The number of aromatic nitrogens is 2. The van der Waals surface area contributed by atoms with E-state index in [0.29, 0.717) is 30.3 Å². The highest BCUT2D eigenvalue weighted by Crippen LogP contribution is 2.40. The molecule has 1 aromatic carbocycles. The highest BCUT2D eigenvalue weighted by molar-refractivity contribution is 6.00. The number of nitrogen functional groups attached to an aromatic ring is 1. The number of alkyl carbamates (subject to hydrolysis) is 1. The van der Waals surface area contributed by atoms with Gasteiger partial charge in [-0.25, -0.2) is 4.79 Å². The molecule has 0 atom stereocenters. The Kier molecular flexibility index (Phi) is 6.24. The number of rotatable bonds is 6. The Bertz CT molecular complexity index is 1080. The van der Waals surface area contributed by atoms with Crippen LogP contribution in [0.15, 0.2) is 22.9 Å². The molecular weight excluding hydrogens is 398 g/mol. The van der Waals surface area contributed by atoms with E-state index in [0.717, 1.165) is 33.4 Å². The number of nitrogens with zero attached hydrogens (tertiary/aromatic N) is 2. The summed E-state index contributed by atoms with van der Waals surface area (Å²) in [6, 6.07) is 3.83. The number of hydrogen-bond acceptors (Lipinski definition) is 8. The van der Waals surface area contributed by atoms with Gasteiger partial charge in [-0.2, -0.15) is 0 Å². The van der Waals surface area contributed by atoms with E-state index in [1.807, 2.05) is 46.8 Å². The molecule has 0 saturated carbocycles. The summed E-state index contributed by atoms with van der Waals surface area (Å²) in [6.45, 7) is 10.0. The topological polar surface area (TPSA) is 125 Å². The van der Waals surface area contributed by atoms with Crippen LogP contribution in [0, 0.1) is 13.8 Å². The predicted molar refractivity (Wildman–Crippen MR) is 120 cm³/mol. The largest absolute Gasteiger partial charge is 0.496 e. The minimum absolute atomic E-state index is 0.368. The molecule has 0 aliphatic heterocycles. The van der Waals surface area contributed by atoms with E-state index < -0.39 is 11.7 Å². The van der Waals surface area contributed by atoms with E-state index in [9.17, 15) is 4.79 Å². The van der Waals surface area contributed by atoms with Crippen molar-refractivity contribution in [2.24, 2.45) is 0 Å². The second kappa shape index (κ2) is 8.71. The van der Waals surface area contributed by atoms with E-state index in [4.69, 9.17) is 19.7 Å². The first-order chi connectivity index (χ1) is 14.6. The van der Waals surface area contributed by atoms with Crippen LogP contribution in [0.1, 0.15) is 32.2 Å². The third-order valence-electron chi connectivity index (χ3n) is 4.62. The number of pyridine rings is 1. The van der Waals surface area contributed by atoms with E-state index in [-0.39, 0.29) is 0 Å². The van der Waals surface area contributed by atoms with Crippen LogP contribution in [0.5, 0.6) is 5.75 Å². The molecule has 9 heteroatoms. The van der Waals surface area contributed by atoms with Gasteiger partial charge in [0.15, 0.2) is 0 Å². The molecule has 3 aromatic rings. The lowest BCUT2D eigenvalue weighted by atomic mass is 10.00. The summed E-state index contributed by atoms with van der Waals surface area (Å²) in [5.41, 5.74) is 10.1. The van der Waals surface area contributed by atoms with Crippen molar-refractivity contribution >= 4 is 28.4 Å². The fourth-order valence-corrected chi connectivity index (χ4v) is 3.33. The van der Waals surface area contributed by atoms with Crippen LogP contribution >= 0.6 is 0 Å². The fourth-order valence-electron chi connectivity index (χ4n) is 3.33. The average Bonchev–Trinajstić information content (AvgIpc) is 3.02. The Hall–Kier alpha value is -3.49. The van der Waals surface area contributed by atoms with Gasteiger partial charge in [0.1, 0.15) is 17.1 Å². The number of anilines is 2. The van der Waals surface area contributed by atoms with Crippen LogP contribution in [-0.2, 0) is 4.74 Å². The first-order valence-electron chi connectivity index (χ1n) is 10.0. The Morgan fingerprint density at radius 1 is 1.23 bits per heavy atom. The summed E-state index contributed by atoms with van der Waals surface area (Å²) >= 11 is 0. The first kappa shape index (κ1) is 22.2. The molecule has 0 unspecified atom stereocenters. The van der Waals surface area contributed by atoms with Crippen molar-refractivity contribution in [3.63, 3.8) is 0 Å². The Morgan fingerprint density at radius 3 is 2.58 bits per heavy atom. The van der Waals surface area contributed by atoms with Crippen LogP contribution in [-0.4, -0.2) is 42.0 Å². The summed E-state index contributed by atoms with van der Waals surface area (Å²) in [4.78, 5) is 16.3. The number of nitrogens with two attached hydrogens (primary N) is 1. The smallest absolute Gasteiger partial charge is 0.407 e. The number of hydrogen-bond donors (Lipinski definition) is 3. The second-order valence-corrected chi connectivity index (χ2v) is 8.21. The minimum atomic E-state index is -0.543. The van der Waals surface area contributed by atoms with Gasteiger partial charge >= 0.3 is 6.09 Å². The number of carbonyl (C=O) groups is 1. The van der Waals surface area contributed by atoms with Gasteiger partial charge in [-0.15, -0.1) is 0 Å². The number of aryl methyl sites for hydroxylation is 2. The molecule has 166 valence electrons. The van der Waals surface area contributed by atoms with Crippen LogP contribution in [0.25, 0.3) is 22.0 Å². The van der Waals surface area contributed by atoms with Crippen molar-refractivity contribution in [2.75, 3.05) is 31.2 Å². The Labute approximate surface area is 181 Å². The molecule has 31 heavy (non-hydrogen) atoms. The normalized spacial score (nSPS) is 11.4. The maximum atomic E-state index is 11.8. The summed E-state index contributed by atoms with van der Waals surface area (Å²) in [7, 11) is 1.61. The molecule has 0 aliphatic carbocycles. The standard InChI is InChI=1S/C22H29N5O4/c1-12-19(13(2)31-27-12)15-9-17-14(10-18(15)29-6)20(16(23)11-26-17)24-7-8-25-21(28)30-22(3,4)5/h9-11H,7-8,23H2,1-6H3,(H,24,26)(H,25,28). The molecule has 0 radical (unpaired) electrons. The van der Waals surface area contributed by atoms with Gasteiger partial charge in [0.05, 0.1) is 41.5 Å². The van der Waals surface area contributed by atoms with E-state index in [1.54, 1.807) is 13.3 Å². The number of carbonyl (C=O) groups excluding carboxylic acids is 1.